The molecule has 0 N–H and O–H groups in total. The first-order valence-electron chi connectivity index (χ1n) is 10.0. The lowest BCUT2D eigenvalue weighted by molar-refractivity contribution is -0.122. The summed E-state index contributed by atoms with van der Waals surface area (Å²) in [4.78, 5) is 46.0. The lowest BCUT2D eigenvalue weighted by Crippen LogP contribution is -2.34. The highest BCUT2D eigenvalue weighted by Crippen LogP contribution is 2.34. The van der Waals surface area contributed by atoms with Crippen LogP contribution in [0.25, 0.3) is 16.3 Å². The Hall–Kier alpha value is -2.78. The maximum atomic E-state index is 13.1. The van der Waals surface area contributed by atoms with Gasteiger partial charge in [0.1, 0.15) is 10.6 Å². The molecule has 3 aromatic rings. The second kappa shape index (κ2) is 8.05. The van der Waals surface area contributed by atoms with Crippen LogP contribution in [-0.2, 0) is 24.2 Å². The van der Waals surface area contributed by atoms with Gasteiger partial charge in [0.15, 0.2) is 0 Å². The summed E-state index contributed by atoms with van der Waals surface area (Å²) in [5.74, 6) is -0.775. The van der Waals surface area contributed by atoms with Gasteiger partial charge in [-0.05, 0) is 66.8 Å². The third kappa shape index (κ3) is 3.72. The van der Waals surface area contributed by atoms with Gasteiger partial charge in [-0.3, -0.25) is 23.9 Å². The zero-order valence-corrected chi connectivity index (χ0v) is 18.1. The van der Waals surface area contributed by atoms with E-state index in [9.17, 15) is 18.8 Å². The SMILES string of the molecule is O=C1S/C(=C/c2ccc(F)cc2)C(=O)N1CCn1cnc2sc3c(c2c1=O)CCCC3. The van der Waals surface area contributed by atoms with Crippen molar-refractivity contribution in [2.24, 2.45) is 0 Å². The Morgan fingerprint density at radius 3 is 2.65 bits per heavy atom. The van der Waals surface area contributed by atoms with Crippen LogP contribution in [-0.4, -0.2) is 32.1 Å². The van der Waals surface area contributed by atoms with Crippen LogP contribution in [0.2, 0.25) is 0 Å². The van der Waals surface area contributed by atoms with Crippen LogP contribution < -0.4 is 5.56 Å². The molecule has 3 heterocycles. The van der Waals surface area contributed by atoms with Gasteiger partial charge in [-0.15, -0.1) is 11.3 Å². The maximum Gasteiger partial charge on any atom is 0.293 e. The van der Waals surface area contributed by atoms with Gasteiger partial charge in [-0.2, -0.15) is 0 Å². The number of fused-ring (bicyclic) bond motifs is 3. The Kier molecular flexibility index (Phi) is 5.23. The van der Waals surface area contributed by atoms with E-state index in [1.54, 1.807) is 29.5 Å². The quantitative estimate of drug-likeness (QED) is 0.551. The number of carbonyl (C=O) groups is 2. The van der Waals surface area contributed by atoms with Crippen molar-refractivity contribution in [3.8, 4) is 0 Å². The van der Waals surface area contributed by atoms with Crippen LogP contribution in [0.5, 0.6) is 0 Å². The van der Waals surface area contributed by atoms with Gasteiger partial charge < -0.3 is 0 Å². The molecular weight excluding hydrogens is 437 g/mol. The molecule has 0 atom stereocenters. The summed E-state index contributed by atoms with van der Waals surface area (Å²) >= 11 is 2.44. The second-order valence-corrected chi connectivity index (χ2v) is 9.60. The standard InChI is InChI=1S/C22H18FN3O3S2/c23-14-7-5-13(6-8-14)11-17-20(27)26(22(29)31-17)10-9-25-12-24-19-18(21(25)28)15-3-1-2-4-16(15)30-19/h5-8,11-12H,1-4,9-10H2/b17-11+. The molecule has 0 spiro atoms. The topological polar surface area (TPSA) is 72.3 Å². The number of thiophene rings is 1. The molecule has 2 amide bonds. The maximum absolute atomic E-state index is 13.1. The van der Waals surface area contributed by atoms with E-state index in [2.05, 4.69) is 4.98 Å². The number of hydrogen-bond donors (Lipinski definition) is 0. The van der Waals surface area contributed by atoms with Crippen molar-refractivity contribution in [1.29, 1.82) is 0 Å². The first kappa shape index (κ1) is 20.1. The highest BCUT2D eigenvalue weighted by Gasteiger charge is 2.34. The molecule has 6 nitrogen and oxygen atoms in total. The van der Waals surface area contributed by atoms with Crippen LogP contribution in [0, 0.1) is 5.82 Å². The van der Waals surface area contributed by atoms with E-state index in [0.717, 1.165) is 52.7 Å². The predicted molar refractivity (Wildman–Crippen MR) is 120 cm³/mol. The molecular formula is C22H18FN3O3S2. The van der Waals surface area contributed by atoms with Crippen LogP contribution >= 0.6 is 23.1 Å². The lowest BCUT2D eigenvalue weighted by atomic mass is 9.97. The molecule has 1 aromatic carbocycles. The molecule has 0 unspecified atom stereocenters. The highest BCUT2D eigenvalue weighted by molar-refractivity contribution is 8.18. The van der Waals surface area contributed by atoms with Gasteiger partial charge in [0.25, 0.3) is 16.7 Å². The molecule has 0 radical (unpaired) electrons. The molecule has 31 heavy (non-hydrogen) atoms. The number of amides is 2. The highest BCUT2D eigenvalue weighted by atomic mass is 32.2. The summed E-state index contributed by atoms with van der Waals surface area (Å²) < 4.78 is 14.6. The van der Waals surface area contributed by atoms with Crippen LogP contribution in [0.1, 0.15) is 28.8 Å². The Balaban J connectivity index is 1.36. The average molecular weight is 456 g/mol. The van der Waals surface area contributed by atoms with Crippen molar-refractivity contribution < 1.29 is 14.0 Å². The number of thioether (sulfide) groups is 1. The molecule has 1 aliphatic heterocycles. The smallest absolute Gasteiger partial charge is 0.293 e. The van der Waals surface area contributed by atoms with E-state index < -0.39 is 5.91 Å². The van der Waals surface area contributed by atoms with Crippen LogP contribution in [0.15, 0.2) is 40.3 Å². The number of aromatic nitrogens is 2. The van der Waals surface area contributed by atoms with E-state index >= 15 is 0 Å². The fourth-order valence-corrected chi connectivity index (χ4v) is 6.04. The van der Waals surface area contributed by atoms with Crippen LogP contribution in [0.3, 0.4) is 0 Å². The van der Waals surface area contributed by atoms with E-state index in [0.29, 0.717) is 10.9 Å². The van der Waals surface area contributed by atoms with Gasteiger partial charge in [-0.25, -0.2) is 9.37 Å². The summed E-state index contributed by atoms with van der Waals surface area (Å²) in [5, 5.41) is 0.306. The molecule has 2 aromatic heterocycles. The Morgan fingerprint density at radius 2 is 1.84 bits per heavy atom. The number of nitrogens with zero attached hydrogens (tertiary/aromatic N) is 3. The minimum absolute atomic E-state index is 0.0881. The molecule has 0 bridgehead atoms. The number of rotatable bonds is 4. The Labute approximate surface area is 185 Å². The monoisotopic (exact) mass is 455 g/mol. The summed E-state index contributed by atoms with van der Waals surface area (Å²) in [6.07, 6.45) is 7.17. The van der Waals surface area contributed by atoms with E-state index in [1.165, 1.54) is 27.9 Å². The minimum Gasteiger partial charge on any atom is -0.297 e. The lowest BCUT2D eigenvalue weighted by Gasteiger charge is -2.14. The molecule has 0 saturated carbocycles. The molecule has 1 saturated heterocycles. The molecule has 9 heteroatoms. The van der Waals surface area contributed by atoms with E-state index in [-0.39, 0.29) is 34.6 Å². The fourth-order valence-electron chi connectivity index (χ4n) is 3.95. The minimum atomic E-state index is -0.408. The zero-order chi connectivity index (χ0) is 21.5. The summed E-state index contributed by atoms with van der Waals surface area (Å²) in [6, 6.07) is 5.69. The van der Waals surface area contributed by atoms with E-state index in [4.69, 9.17) is 0 Å². The van der Waals surface area contributed by atoms with Crippen molar-refractivity contribution in [2.75, 3.05) is 6.54 Å². The number of imide groups is 1. The van der Waals surface area contributed by atoms with Gasteiger partial charge in [0.05, 0.1) is 16.6 Å². The van der Waals surface area contributed by atoms with Gasteiger partial charge >= 0.3 is 0 Å². The number of halogens is 1. The normalized spacial score (nSPS) is 17.7. The number of aryl methyl sites for hydroxylation is 2. The second-order valence-electron chi connectivity index (χ2n) is 7.52. The van der Waals surface area contributed by atoms with Gasteiger partial charge in [-0.1, -0.05) is 12.1 Å². The summed E-state index contributed by atoms with van der Waals surface area (Å²) in [6.45, 7) is 0.277. The molecule has 2 aliphatic rings. The Morgan fingerprint density at radius 1 is 1.06 bits per heavy atom. The van der Waals surface area contributed by atoms with Crippen molar-refractivity contribution in [3.63, 3.8) is 0 Å². The summed E-state index contributed by atoms with van der Waals surface area (Å²) in [5.41, 5.74) is 1.64. The average Bonchev–Trinajstić information content (AvgIpc) is 3.27. The van der Waals surface area contributed by atoms with Crippen molar-refractivity contribution in [1.82, 2.24) is 14.5 Å². The van der Waals surface area contributed by atoms with Gasteiger partial charge in [0.2, 0.25) is 0 Å². The zero-order valence-electron chi connectivity index (χ0n) is 16.5. The number of benzene rings is 1. The van der Waals surface area contributed by atoms with E-state index in [1.807, 2.05) is 0 Å². The first-order valence-corrected chi connectivity index (χ1v) is 11.6. The largest absolute Gasteiger partial charge is 0.297 e. The Bertz CT molecular complexity index is 1290. The van der Waals surface area contributed by atoms with Crippen LogP contribution in [0.4, 0.5) is 9.18 Å². The third-order valence-electron chi connectivity index (χ3n) is 5.55. The summed E-state index contributed by atoms with van der Waals surface area (Å²) in [7, 11) is 0. The first-order chi connectivity index (χ1) is 15.0. The fraction of sp³-hybridized carbons (Fsp3) is 0.273. The van der Waals surface area contributed by atoms with Gasteiger partial charge in [0, 0.05) is 18.0 Å². The molecule has 1 fully saturated rings. The number of carbonyl (C=O) groups excluding carboxylic acids is 2. The molecule has 158 valence electrons. The number of hydrogen-bond acceptors (Lipinski definition) is 6. The van der Waals surface area contributed by atoms with Crippen molar-refractivity contribution >= 4 is 50.5 Å². The predicted octanol–water partition coefficient (Wildman–Crippen LogP) is 4.21. The third-order valence-corrected chi connectivity index (χ3v) is 7.65. The van der Waals surface area contributed by atoms with Crippen molar-refractivity contribution in [2.45, 2.75) is 32.2 Å². The van der Waals surface area contributed by atoms with Crippen molar-refractivity contribution in [3.05, 3.63) is 67.7 Å². The molecule has 5 rings (SSSR count). The molecule has 1 aliphatic carbocycles.